The van der Waals surface area contributed by atoms with Gasteiger partial charge in [0.15, 0.2) is 5.78 Å². The number of rotatable bonds is 2. The van der Waals surface area contributed by atoms with Crippen molar-refractivity contribution in [1.82, 2.24) is 0 Å². The minimum atomic E-state index is 0.0555. The Morgan fingerprint density at radius 1 is 1.47 bits per heavy atom. The first-order valence-corrected chi connectivity index (χ1v) is 4.69. The molecule has 1 aromatic carbocycles. The van der Waals surface area contributed by atoms with Gasteiger partial charge in [-0.3, -0.25) is 4.79 Å². The van der Waals surface area contributed by atoms with E-state index in [4.69, 9.17) is 0 Å². The third-order valence-corrected chi connectivity index (χ3v) is 2.02. The first-order valence-electron chi connectivity index (χ1n) is 4.69. The summed E-state index contributed by atoms with van der Waals surface area (Å²) < 4.78 is 0. The number of aryl methyl sites for hydroxylation is 1. The molecule has 15 heavy (non-hydrogen) atoms. The number of carbonyl (C=O) groups excluding carboxylic acids is 2. The van der Waals surface area contributed by atoms with Crippen LogP contribution < -0.4 is 0 Å². The van der Waals surface area contributed by atoms with Crippen LogP contribution in [0, 0.1) is 18.8 Å². The summed E-state index contributed by atoms with van der Waals surface area (Å²) in [5.74, 6) is 5.64. The average Bonchev–Trinajstić information content (AvgIpc) is 2.17. The zero-order chi connectivity index (χ0) is 11.3. The van der Waals surface area contributed by atoms with E-state index in [1.165, 1.54) is 0 Å². The second-order valence-corrected chi connectivity index (χ2v) is 3.26. The Bertz CT molecular complexity index is 447. The Morgan fingerprint density at radius 3 is 2.73 bits per heavy atom. The minimum Gasteiger partial charge on any atom is -0.302 e. The van der Waals surface area contributed by atoms with E-state index in [0.29, 0.717) is 0 Å². The second-order valence-electron chi connectivity index (χ2n) is 3.26. The van der Waals surface area contributed by atoms with Crippen LogP contribution in [0.1, 0.15) is 34.8 Å². The van der Waals surface area contributed by atoms with Gasteiger partial charge in [-0.15, -0.1) is 0 Å². The topological polar surface area (TPSA) is 34.1 Å². The lowest BCUT2D eigenvalue weighted by Crippen LogP contribution is -1.95. The van der Waals surface area contributed by atoms with E-state index in [0.717, 1.165) is 23.0 Å². The molecule has 0 bridgehead atoms. The van der Waals surface area contributed by atoms with Gasteiger partial charge in [-0.1, -0.05) is 11.8 Å². The predicted molar refractivity (Wildman–Crippen MR) is 58.7 cm³/mol. The number of Topliss-reactive ketones (excluding diaryl/α,β-unsaturated/α-hetero) is 1. The molecular weight excluding hydrogens is 188 g/mol. The van der Waals surface area contributed by atoms with Crippen molar-refractivity contribution in [2.45, 2.75) is 20.3 Å². The Morgan fingerprint density at radius 2 is 2.20 bits per heavy atom. The molecular formula is C13H12O2. The maximum absolute atomic E-state index is 11.2. The normalized spacial score (nSPS) is 8.93. The van der Waals surface area contributed by atoms with Crippen molar-refractivity contribution in [3.05, 3.63) is 34.9 Å². The van der Waals surface area contributed by atoms with Crippen molar-refractivity contribution >= 4 is 12.1 Å². The SMILES string of the molecule is CC(=O)c1ccc(C#CCC=O)cc1C. The van der Waals surface area contributed by atoms with Crippen LogP contribution >= 0.6 is 0 Å². The van der Waals surface area contributed by atoms with E-state index in [2.05, 4.69) is 11.8 Å². The smallest absolute Gasteiger partial charge is 0.160 e. The fraction of sp³-hybridized carbons (Fsp3) is 0.231. The fourth-order valence-corrected chi connectivity index (χ4v) is 1.33. The van der Waals surface area contributed by atoms with Crippen molar-refractivity contribution in [2.24, 2.45) is 0 Å². The number of hydrogen-bond donors (Lipinski definition) is 0. The Balaban J connectivity index is 2.98. The fourth-order valence-electron chi connectivity index (χ4n) is 1.33. The highest BCUT2D eigenvalue weighted by atomic mass is 16.1. The molecule has 0 saturated carbocycles. The van der Waals surface area contributed by atoms with Gasteiger partial charge < -0.3 is 4.79 Å². The maximum Gasteiger partial charge on any atom is 0.160 e. The van der Waals surface area contributed by atoms with Gasteiger partial charge in [-0.25, -0.2) is 0 Å². The van der Waals surface area contributed by atoms with Gasteiger partial charge >= 0.3 is 0 Å². The van der Waals surface area contributed by atoms with Gasteiger partial charge in [0, 0.05) is 11.1 Å². The number of carbonyl (C=O) groups is 2. The second kappa shape index (κ2) is 5.11. The van der Waals surface area contributed by atoms with Crippen LogP contribution in [0.4, 0.5) is 0 Å². The van der Waals surface area contributed by atoms with Crippen LogP contribution in [0.25, 0.3) is 0 Å². The van der Waals surface area contributed by atoms with Gasteiger partial charge in [-0.05, 0) is 37.6 Å². The monoisotopic (exact) mass is 200 g/mol. The molecule has 0 amide bonds. The third kappa shape index (κ3) is 3.07. The quantitative estimate of drug-likeness (QED) is 0.416. The number of ketones is 1. The van der Waals surface area contributed by atoms with E-state index < -0.39 is 0 Å². The zero-order valence-corrected chi connectivity index (χ0v) is 8.83. The minimum absolute atomic E-state index is 0.0555. The number of benzene rings is 1. The zero-order valence-electron chi connectivity index (χ0n) is 8.83. The highest BCUT2D eigenvalue weighted by Gasteiger charge is 2.02. The van der Waals surface area contributed by atoms with Crippen molar-refractivity contribution < 1.29 is 9.59 Å². The molecule has 0 aliphatic heterocycles. The lowest BCUT2D eigenvalue weighted by atomic mass is 10.0. The number of aldehydes is 1. The molecule has 0 unspecified atom stereocenters. The predicted octanol–water partition coefficient (Wildman–Crippen LogP) is 2.14. The molecule has 1 aromatic rings. The summed E-state index contributed by atoms with van der Waals surface area (Å²) in [5, 5.41) is 0. The molecule has 2 heteroatoms. The maximum atomic E-state index is 11.2. The Labute approximate surface area is 89.3 Å². The molecule has 0 aromatic heterocycles. The van der Waals surface area contributed by atoms with Gasteiger partial charge in [0.1, 0.15) is 6.29 Å². The summed E-state index contributed by atoms with van der Waals surface area (Å²) in [4.78, 5) is 21.2. The summed E-state index contributed by atoms with van der Waals surface area (Å²) >= 11 is 0. The molecule has 2 nitrogen and oxygen atoms in total. The summed E-state index contributed by atoms with van der Waals surface area (Å²) in [6, 6.07) is 5.42. The molecule has 0 aliphatic carbocycles. The standard InChI is InChI=1S/C13H12O2/c1-10-9-12(5-3-4-8-14)6-7-13(10)11(2)15/h6-9H,4H2,1-2H3. The van der Waals surface area contributed by atoms with Crippen LogP contribution in [0.5, 0.6) is 0 Å². The molecule has 1 rings (SSSR count). The highest BCUT2D eigenvalue weighted by molar-refractivity contribution is 5.95. The van der Waals surface area contributed by atoms with Crippen molar-refractivity contribution in [2.75, 3.05) is 0 Å². The van der Waals surface area contributed by atoms with Crippen LogP contribution in [-0.4, -0.2) is 12.1 Å². The number of hydrogen-bond acceptors (Lipinski definition) is 2. The van der Waals surface area contributed by atoms with Crippen molar-refractivity contribution in [1.29, 1.82) is 0 Å². The van der Waals surface area contributed by atoms with Crippen molar-refractivity contribution in [3.63, 3.8) is 0 Å². The lowest BCUT2D eigenvalue weighted by Gasteiger charge is -2.01. The lowest BCUT2D eigenvalue weighted by molar-refractivity contribution is -0.107. The molecule has 0 atom stereocenters. The molecule has 76 valence electrons. The van der Waals surface area contributed by atoms with E-state index >= 15 is 0 Å². The van der Waals surface area contributed by atoms with Crippen LogP contribution in [0.3, 0.4) is 0 Å². The Kier molecular flexibility index (Phi) is 3.82. The molecule has 0 spiro atoms. The molecule has 0 aliphatic rings. The van der Waals surface area contributed by atoms with E-state index in [1.807, 2.05) is 13.0 Å². The Hall–Kier alpha value is -1.88. The third-order valence-electron chi connectivity index (χ3n) is 2.02. The van der Waals surface area contributed by atoms with Gasteiger partial charge in [0.2, 0.25) is 0 Å². The molecule has 0 radical (unpaired) electrons. The van der Waals surface area contributed by atoms with Gasteiger partial charge in [-0.2, -0.15) is 0 Å². The first kappa shape index (κ1) is 11.2. The van der Waals surface area contributed by atoms with Crippen LogP contribution in [0.2, 0.25) is 0 Å². The largest absolute Gasteiger partial charge is 0.302 e. The van der Waals surface area contributed by atoms with Gasteiger partial charge in [0.25, 0.3) is 0 Å². The summed E-state index contributed by atoms with van der Waals surface area (Å²) in [5.41, 5.74) is 2.47. The summed E-state index contributed by atoms with van der Waals surface area (Å²) in [6.07, 6.45) is 1.01. The molecule has 0 N–H and O–H groups in total. The van der Waals surface area contributed by atoms with E-state index in [9.17, 15) is 9.59 Å². The summed E-state index contributed by atoms with van der Waals surface area (Å²) in [7, 11) is 0. The molecule has 0 fully saturated rings. The van der Waals surface area contributed by atoms with E-state index in [-0.39, 0.29) is 12.2 Å². The van der Waals surface area contributed by atoms with E-state index in [1.54, 1.807) is 19.1 Å². The molecule has 0 heterocycles. The highest BCUT2D eigenvalue weighted by Crippen LogP contribution is 2.10. The van der Waals surface area contributed by atoms with Crippen LogP contribution in [0.15, 0.2) is 18.2 Å². The van der Waals surface area contributed by atoms with Crippen molar-refractivity contribution in [3.8, 4) is 11.8 Å². The molecule has 0 saturated heterocycles. The van der Waals surface area contributed by atoms with Gasteiger partial charge in [0.05, 0.1) is 6.42 Å². The van der Waals surface area contributed by atoms with Crippen LogP contribution in [-0.2, 0) is 4.79 Å². The first-order chi connectivity index (χ1) is 7.15. The summed E-state index contributed by atoms with van der Waals surface area (Å²) in [6.45, 7) is 3.42. The average molecular weight is 200 g/mol.